The molecule has 3 heterocycles. The second-order valence-corrected chi connectivity index (χ2v) is 10.5. The molecule has 11 heteroatoms. The molecule has 1 aromatic carbocycles. The van der Waals surface area contributed by atoms with Gasteiger partial charge in [-0.25, -0.2) is 14.8 Å². The molecule has 2 amide bonds. The number of alkyl carbamates (subject to hydrolysis) is 1. The van der Waals surface area contributed by atoms with Crippen molar-refractivity contribution in [3.8, 4) is 0 Å². The number of rotatable bonds is 6. The molecular weight excluding hydrogens is 482 g/mol. The maximum absolute atomic E-state index is 13.7. The fraction of sp³-hybridized carbons (Fsp3) is 0.480. The molecule has 0 aliphatic carbocycles. The van der Waals surface area contributed by atoms with E-state index in [2.05, 4.69) is 30.5 Å². The summed E-state index contributed by atoms with van der Waals surface area (Å²) in [5.41, 5.74) is 6.59. The summed E-state index contributed by atoms with van der Waals surface area (Å²) >= 11 is 6.02. The number of amides is 2. The summed E-state index contributed by atoms with van der Waals surface area (Å²) in [4.78, 5) is 41.8. The van der Waals surface area contributed by atoms with E-state index in [0.29, 0.717) is 37.4 Å². The normalized spacial score (nSPS) is 17.3. The van der Waals surface area contributed by atoms with Gasteiger partial charge >= 0.3 is 6.09 Å². The van der Waals surface area contributed by atoms with Crippen LogP contribution in [-0.4, -0.2) is 59.0 Å². The number of fused-ring (bicyclic) bond motifs is 1. The molecular formula is C25H32ClN7O3. The lowest BCUT2D eigenvalue weighted by Crippen LogP contribution is -2.64. The molecule has 2 aliphatic rings. The number of nitrogens with two attached hydrogens (primary N) is 1. The number of hydrogen-bond acceptors (Lipinski definition) is 8. The summed E-state index contributed by atoms with van der Waals surface area (Å²) in [5, 5.41) is 6.51. The van der Waals surface area contributed by atoms with Crippen LogP contribution in [0.3, 0.4) is 0 Å². The van der Waals surface area contributed by atoms with Gasteiger partial charge in [-0.2, -0.15) is 0 Å². The largest absolute Gasteiger partial charge is 0.444 e. The van der Waals surface area contributed by atoms with Crippen LogP contribution in [0.4, 0.5) is 16.3 Å². The van der Waals surface area contributed by atoms with Crippen molar-refractivity contribution in [2.24, 2.45) is 10.7 Å². The molecule has 0 bridgehead atoms. The average Bonchev–Trinajstić information content (AvgIpc) is 3.31. The minimum Gasteiger partial charge on any atom is -0.444 e. The number of carbonyl (C=O) groups excluding carboxylic acids is 2. The molecule has 2 aliphatic heterocycles. The highest BCUT2D eigenvalue weighted by molar-refractivity contribution is 6.30. The Balaban J connectivity index is 1.55. The van der Waals surface area contributed by atoms with E-state index in [-0.39, 0.29) is 12.5 Å². The smallest absolute Gasteiger partial charge is 0.408 e. The summed E-state index contributed by atoms with van der Waals surface area (Å²) in [5.74, 6) is 0.422. The molecule has 192 valence electrons. The van der Waals surface area contributed by atoms with Gasteiger partial charge in [0.2, 0.25) is 5.91 Å². The van der Waals surface area contributed by atoms with Crippen LogP contribution in [0.25, 0.3) is 0 Å². The lowest BCUT2D eigenvalue weighted by Gasteiger charge is -2.42. The highest BCUT2D eigenvalue weighted by atomic mass is 35.5. The second kappa shape index (κ2) is 10.4. The van der Waals surface area contributed by atoms with Gasteiger partial charge in [-0.1, -0.05) is 23.7 Å². The van der Waals surface area contributed by atoms with Gasteiger partial charge in [-0.15, -0.1) is 0 Å². The molecule has 0 saturated carbocycles. The molecule has 36 heavy (non-hydrogen) atoms. The molecule has 2 aromatic rings. The number of aliphatic imine (C=N–C) groups is 1. The summed E-state index contributed by atoms with van der Waals surface area (Å²) in [6.45, 7) is 6.50. The number of hydrogen-bond donors (Lipinski definition) is 3. The van der Waals surface area contributed by atoms with E-state index >= 15 is 0 Å². The lowest BCUT2D eigenvalue weighted by molar-refractivity contribution is -0.129. The first-order chi connectivity index (χ1) is 17.1. The van der Waals surface area contributed by atoms with Crippen molar-refractivity contribution >= 4 is 41.3 Å². The van der Waals surface area contributed by atoms with Crippen molar-refractivity contribution in [2.45, 2.75) is 57.2 Å². The van der Waals surface area contributed by atoms with Crippen molar-refractivity contribution in [3.05, 3.63) is 46.9 Å². The van der Waals surface area contributed by atoms with Crippen molar-refractivity contribution in [2.75, 3.05) is 24.5 Å². The van der Waals surface area contributed by atoms with Crippen LogP contribution in [0, 0.1) is 0 Å². The van der Waals surface area contributed by atoms with E-state index in [1.165, 1.54) is 6.33 Å². The number of aromatic nitrogens is 2. The first-order valence-corrected chi connectivity index (χ1v) is 12.4. The summed E-state index contributed by atoms with van der Waals surface area (Å²) in [6, 6.07) is 6.72. The Bertz CT molecular complexity index is 1140. The van der Waals surface area contributed by atoms with Crippen LogP contribution >= 0.6 is 11.6 Å². The SMILES string of the molecule is CC(C)(C)OC(=O)NC1(C(=O)NC(CN)c2ccc(Cl)cc2)CCN(c2ncnc3c2N=CC3)CC1. The molecule has 0 spiro atoms. The molecule has 1 fully saturated rings. The number of piperidine rings is 1. The van der Waals surface area contributed by atoms with Crippen LogP contribution in [0.15, 0.2) is 35.6 Å². The third-order valence-electron chi connectivity index (χ3n) is 6.29. The molecule has 1 saturated heterocycles. The second-order valence-electron chi connectivity index (χ2n) is 10.0. The molecule has 1 unspecified atom stereocenters. The fourth-order valence-electron chi connectivity index (χ4n) is 4.42. The molecule has 4 N–H and O–H groups in total. The van der Waals surface area contributed by atoms with Crippen LogP contribution < -0.4 is 21.3 Å². The number of anilines is 1. The first-order valence-electron chi connectivity index (χ1n) is 12.0. The van der Waals surface area contributed by atoms with Crippen LogP contribution in [-0.2, 0) is 16.0 Å². The number of carbonyl (C=O) groups is 2. The Morgan fingerprint density at radius 1 is 1.19 bits per heavy atom. The maximum atomic E-state index is 13.7. The Morgan fingerprint density at radius 2 is 1.89 bits per heavy atom. The summed E-state index contributed by atoms with van der Waals surface area (Å²) in [6.07, 6.45) is 4.08. The summed E-state index contributed by atoms with van der Waals surface area (Å²) in [7, 11) is 0. The van der Waals surface area contributed by atoms with Gasteiger partial charge in [0.1, 0.15) is 23.2 Å². The topological polar surface area (TPSA) is 135 Å². The van der Waals surface area contributed by atoms with Crippen molar-refractivity contribution < 1.29 is 14.3 Å². The van der Waals surface area contributed by atoms with Gasteiger partial charge in [0.15, 0.2) is 5.82 Å². The van der Waals surface area contributed by atoms with Crippen LogP contribution in [0.2, 0.25) is 5.02 Å². The zero-order valence-electron chi connectivity index (χ0n) is 20.8. The minimum atomic E-state index is -1.18. The van der Waals surface area contributed by atoms with E-state index < -0.39 is 23.3 Å². The van der Waals surface area contributed by atoms with Gasteiger partial charge in [-0.3, -0.25) is 9.79 Å². The van der Waals surface area contributed by atoms with Crippen LogP contribution in [0.1, 0.15) is 50.9 Å². The third kappa shape index (κ3) is 5.76. The number of benzene rings is 1. The quantitative estimate of drug-likeness (QED) is 0.540. The lowest BCUT2D eigenvalue weighted by atomic mass is 9.85. The number of ether oxygens (including phenoxy) is 1. The number of halogens is 1. The van der Waals surface area contributed by atoms with E-state index in [0.717, 1.165) is 22.8 Å². The fourth-order valence-corrected chi connectivity index (χ4v) is 4.54. The van der Waals surface area contributed by atoms with Crippen molar-refractivity contribution in [1.82, 2.24) is 20.6 Å². The summed E-state index contributed by atoms with van der Waals surface area (Å²) < 4.78 is 5.49. The van der Waals surface area contributed by atoms with Gasteiger partial charge in [0.25, 0.3) is 0 Å². The van der Waals surface area contributed by atoms with Crippen LogP contribution in [0.5, 0.6) is 0 Å². The van der Waals surface area contributed by atoms with E-state index in [4.69, 9.17) is 22.1 Å². The predicted molar refractivity (Wildman–Crippen MR) is 139 cm³/mol. The number of nitrogens with one attached hydrogen (secondary N) is 2. The zero-order chi connectivity index (χ0) is 25.9. The van der Waals surface area contributed by atoms with E-state index in [9.17, 15) is 9.59 Å². The predicted octanol–water partition coefficient (Wildman–Crippen LogP) is 3.07. The Hall–Kier alpha value is -3.24. The third-order valence-corrected chi connectivity index (χ3v) is 6.54. The first kappa shape index (κ1) is 25.8. The molecule has 1 aromatic heterocycles. The Labute approximate surface area is 215 Å². The molecule has 4 rings (SSSR count). The minimum absolute atomic E-state index is 0.188. The zero-order valence-corrected chi connectivity index (χ0v) is 21.5. The molecule has 10 nitrogen and oxygen atoms in total. The van der Waals surface area contributed by atoms with E-state index in [1.807, 2.05) is 18.3 Å². The highest BCUT2D eigenvalue weighted by Gasteiger charge is 2.45. The Morgan fingerprint density at radius 3 is 2.53 bits per heavy atom. The van der Waals surface area contributed by atoms with Gasteiger partial charge in [0, 0.05) is 37.3 Å². The standard InChI is InChI=1S/C25H32ClN7O3/c1-24(2,3)36-23(35)32-25(22(34)31-19(14-27)16-4-6-17(26)7-5-16)9-12-33(13-10-25)21-20-18(8-11-28-20)29-15-30-21/h4-7,11,15,19H,8-10,12-14,27H2,1-3H3,(H,31,34)(H,32,35). The monoisotopic (exact) mass is 513 g/mol. The van der Waals surface area contributed by atoms with Gasteiger partial charge in [0.05, 0.1) is 11.7 Å². The average molecular weight is 514 g/mol. The van der Waals surface area contributed by atoms with Crippen molar-refractivity contribution in [3.63, 3.8) is 0 Å². The maximum Gasteiger partial charge on any atom is 0.408 e. The molecule has 0 radical (unpaired) electrons. The van der Waals surface area contributed by atoms with Crippen molar-refractivity contribution in [1.29, 1.82) is 0 Å². The van der Waals surface area contributed by atoms with E-state index in [1.54, 1.807) is 32.9 Å². The highest BCUT2D eigenvalue weighted by Crippen LogP contribution is 2.35. The van der Waals surface area contributed by atoms with Gasteiger partial charge in [-0.05, 0) is 51.3 Å². The Kier molecular flexibility index (Phi) is 7.46. The van der Waals surface area contributed by atoms with Gasteiger partial charge < -0.3 is 26.0 Å². The number of nitrogens with zero attached hydrogens (tertiary/aromatic N) is 4. The molecule has 1 atom stereocenters.